The van der Waals surface area contributed by atoms with E-state index in [-0.39, 0.29) is 18.0 Å². The highest BCUT2D eigenvalue weighted by Gasteiger charge is 2.19. The van der Waals surface area contributed by atoms with E-state index in [1.807, 2.05) is 36.0 Å². The van der Waals surface area contributed by atoms with E-state index < -0.39 is 0 Å². The first-order valence-electron chi connectivity index (χ1n) is 6.11. The molecule has 0 saturated carbocycles. The van der Waals surface area contributed by atoms with Gasteiger partial charge in [0.05, 0.1) is 0 Å². The molecule has 1 saturated heterocycles. The Kier molecular flexibility index (Phi) is 3.86. The molecule has 6 nitrogen and oxygen atoms in total. The molecule has 1 atom stereocenters. The summed E-state index contributed by atoms with van der Waals surface area (Å²) in [6.07, 6.45) is 3.72. The van der Waals surface area contributed by atoms with Crippen LogP contribution in [0.2, 0.25) is 0 Å². The van der Waals surface area contributed by atoms with Crippen LogP contribution in [0.25, 0.3) is 0 Å². The lowest BCUT2D eigenvalue weighted by atomic mass is 10.3. The van der Waals surface area contributed by atoms with Crippen molar-refractivity contribution in [3.63, 3.8) is 0 Å². The molecule has 1 aromatic rings. The second-order valence-electron chi connectivity index (χ2n) is 4.32. The highest BCUT2D eigenvalue weighted by Crippen LogP contribution is 2.05. The molecule has 3 amide bonds. The summed E-state index contributed by atoms with van der Waals surface area (Å²) in [5, 5.41) is 5.56. The summed E-state index contributed by atoms with van der Waals surface area (Å²) < 4.78 is 1.85. The van der Waals surface area contributed by atoms with Crippen molar-refractivity contribution in [2.75, 3.05) is 26.2 Å². The standard InChI is InChI=1S/C12H18N4O2/c1-10(15-6-2-3-7-15)11(17)13-4-8-16-9-5-14-12(16)18/h2-3,6-7,10H,4-5,8-9H2,1H3,(H,13,17)(H,14,18). The Morgan fingerprint density at radius 3 is 2.83 bits per heavy atom. The van der Waals surface area contributed by atoms with Crippen LogP contribution in [0.1, 0.15) is 13.0 Å². The van der Waals surface area contributed by atoms with Gasteiger partial charge in [0.1, 0.15) is 6.04 Å². The van der Waals surface area contributed by atoms with Crippen molar-refractivity contribution in [1.29, 1.82) is 0 Å². The quantitative estimate of drug-likeness (QED) is 0.783. The maximum Gasteiger partial charge on any atom is 0.317 e. The van der Waals surface area contributed by atoms with E-state index >= 15 is 0 Å². The van der Waals surface area contributed by atoms with E-state index in [0.29, 0.717) is 26.2 Å². The Balaban J connectivity index is 1.73. The number of nitrogens with zero attached hydrogens (tertiary/aromatic N) is 2. The molecule has 2 heterocycles. The number of urea groups is 1. The summed E-state index contributed by atoms with van der Waals surface area (Å²) in [7, 11) is 0. The van der Waals surface area contributed by atoms with Crippen LogP contribution in [0.3, 0.4) is 0 Å². The third kappa shape index (κ3) is 2.82. The Morgan fingerprint density at radius 1 is 1.50 bits per heavy atom. The number of rotatable bonds is 5. The predicted octanol–water partition coefficient (Wildman–Crippen LogP) is 0.191. The van der Waals surface area contributed by atoms with Gasteiger partial charge in [-0.2, -0.15) is 0 Å². The number of carbonyl (C=O) groups is 2. The maximum atomic E-state index is 11.8. The molecule has 1 aliphatic heterocycles. The molecular weight excluding hydrogens is 232 g/mol. The number of amides is 3. The monoisotopic (exact) mass is 250 g/mol. The van der Waals surface area contributed by atoms with E-state index in [1.54, 1.807) is 4.90 Å². The van der Waals surface area contributed by atoms with Gasteiger partial charge >= 0.3 is 6.03 Å². The lowest BCUT2D eigenvalue weighted by Gasteiger charge is -2.17. The van der Waals surface area contributed by atoms with Crippen LogP contribution in [0, 0.1) is 0 Å². The number of hydrogen-bond acceptors (Lipinski definition) is 2. The Labute approximate surface area is 106 Å². The maximum absolute atomic E-state index is 11.8. The molecule has 18 heavy (non-hydrogen) atoms. The number of hydrogen-bond donors (Lipinski definition) is 2. The van der Waals surface area contributed by atoms with Crippen molar-refractivity contribution in [3.8, 4) is 0 Å². The third-order valence-electron chi connectivity index (χ3n) is 3.08. The van der Waals surface area contributed by atoms with Gasteiger partial charge in [0, 0.05) is 38.6 Å². The average Bonchev–Trinajstić information content (AvgIpc) is 3.00. The van der Waals surface area contributed by atoms with Gasteiger partial charge in [-0.1, -0.05) is 0 Å². The Morgan fingerprint density at radius 2 is 2.22 bits per heavy atom. The minimum atomic E-state index is -0.229. The van der Waals surface area contributed by atoms with Gasteiger partial charge in [-0.05, 0) is 19.1 Å². The molecule has 2 N–H and O–H groups in total. The molecule has 0 bridgehead atoms. The highest BCUT2D eigenvalue weighted by atomic mass is 16.2. The van der Waals surface area contributed by atoms with E-state index in [1.165, 1.54) is 0 Å². The molecule has 0 spiro atoms. The highest BCUT2D eigenvalue weighted by molar-refractivity contribution is 5.80. The van der Waals surface area contributed by atoms with Gasteiger partial charge in [0.25, 0.3) is 0 Å². The topological polar surface area (TPSA) is 66.4 Å². The summed E-state index contributed by atoms with van der Waals surface area (Å²) in [4.78, 5) is 24.8. The van der Waals surface area contributed by atoms with E-state index in [0.717, 1.165) is 0 Å². The van der Waals surface area contributed by atoms with Gasteiger partial charge in [0.15, 0.2) is 0 Å². The molecule has 2 rings (SSSR count). The molecule has 0 aromatic carbocycles. The molecule has 1 aromatic heterocycles. The first kappa shape index (κ1) is 12.5. The molecule has 1 fully saturated rings. The largest absolute Gasteiger partial charge is 0.353 e. The lowest BCUT2D eigenvalue weighted by molar-refractivity contribution is -0.123. The lowest BCUT2D eigenvalue weighted by Crippen LogP contribution is -2.38. The van der Waals surface area contributed by atoms with Crippen LogP contribution in [0.4, 0.5) is 4.79 Å². The fourth-order valence-corrected chi connectivity index (χ4v) is 1.93. The van der Waals surface area contributed by atoms with Crippen molar-refractivity contribution in [2.24, 2.45) is 0 Å². The first-order valence-corrected chi connectivity index (χ1v) is 6.11. The van der Waals surface area contributed by atoms with E-state index in [2.05, 4.69) is 10.6 Å². The van der Waals surface area contributed by atoms with E-state index in [9.17, 15) is 9.59 Å². The van der Waals surface area contributed by atoms with Gasteiger partial charge in [-0.25, -0.2) is 4.79 Å². The van der Waals surface area contributed by atoms with Crippen LogP contribution in [-0.4, -0.2) is 47.6 Å². The zero-order valence-corrected chi connectivity index (χ0v) is 10.4. The molecule has 6 heteroatoms. The van der Waals surface area contributed by atoms with Crippen molar-refractivity contribution in [1.82, 2.24) is 20.1 Å². The number of aromatic nitrogens is 1. The minimum Gasteiger partial charge on any atom is -0.353 e. The molecular formula is C12H18N4O2. The zero-order chi connectivity index (χ0) is 13.0. The van der Waals surface area contributed by atoms with Gasteiger partial charge in [-0.15, -0.1) is 0 Å². The van der Waals surface area contributed by atoms with Crippen molar-refractivity contribution >= 4 is 11.9 Å². The summed E-state index contributed by atoms with van der Waals surface area (Å²) in [6.45, 7) is 4.28. The number of carbonyl (C=O) groups excluding carboxylic acids is 2. The van der Waals surface area contributed by atoms with Gasteiger partial charge < -0.3 is 20.1 Å². The first-order chi connectivity index (χ1) is 8.68. The SMILES string of the molecule is CC(C(=O)NCCN1CCNC1=O)n1cccc1. The van der Waals surface area contributed by atoms with Crippen molar-refractivity contribution in [3.05, 3.63) is 24.5 Å². The summed E-state index contributed by atoms with van der Waals surface area (Å²) in [5.41, 5.74) is 0. The second kappa shape index (κ2) is 5.57. The molecule has 98 valence electrons. The smallest absolute Gasteiger partial charge is 0.317 e. The summed E-state index contributed by atoms with van der Waals surface area (Å²) >= 11 is 0. The Bertz CT molecular complexity index is 416. The van der Waals surface area contributed by atoms with Crippen molar-refractivity contribution in [2.45, 2.75) is 13.0 Å². The Hall–Kier alpha value is -1.98. The molecule has 0 aliphatic carbocycles. The van der Waals surface area contributed by atoms with Gasteiger partial charge in [-0.3, -0.25) is 4.79 Å². The fraction of sp³-hybridized carbons (Fsp3) is 0.500. The van der Waals surface area contributed by atoms with Crippen LogP contribution < -0.4 is 10.6 Å². The normalized spacial score (nSPS) is 16.5. The fourth-order valence-electron chi connectivity index (χ4n) is 1.93. The van der Waals surface area contributed by atoms with Crippen LogP contribution in [0.5, 0.6) is 0 Å². The molecule has 1 unspecified atom stereocenters. The zero-order valence-electron chi connectivity index (χ0n) is 10.4. The van der Waals surface area contributed by atoms with Gasteiger partial charge in [0.2, 0.25) is 5.91 Å². The predicted molar refractivity (Wildman–Crippen MR) is 67.1 cm³/mol. The average molecular weight is 250 g/mol. The van der Waals surface area contributed by atoms with Crippen LogP contribution in [0.15, 0.2) is 24.5 Å². The van der Waals surface area contributed by atoms with E-state index in [4.69, 9.17) is 0 Å². The van der Waals surface area contributed by atoms with Crippen molar-refractivity contribution < 1.29 is 9.59 Å². The minimum absolute atomic E-state index is 0.0363. The second-order valence-corrected chi connectivity index (χ2v) is 4.32. The summed E-state index contributed by atoms with van der Waals surface area (Å²) in [5.74, 6) is -0.0363. The summed E-state index contributed by atoms with van der Waals surface area (Å²) in [6, 6.07) is 3.49. The molecule has 1 aliphatic rings. The molecule has 0 radical (unpaired) electrons. The third-order valence-corrected chi connectivity index (χ3v) is 3.08. The van der Waals surface area contributed by atoms with Crippen LogP contribution in [-0.2, 0) is 4.79 Å². The van der Waals surface area contributed by atoms with Crippen LogP contribution >= 0.6 is 0 Å². The number of nitrogens with one attached hydrogen (secondary N) is 2.